The van der Waals surface area contributed by atoms with Crippen LogP contribution in [0, 0.1) is 0 Å². The second kappa shape index (κ2) is 9.55. The Morgan fingerprint density at radius 2 is 1.14 bits per heavy atom. The van der Waals surface area contributed by atoms with Crippen molar-refractivity contribution < 1.29 is 39.0 Å². The van der Waals surface area contributed by atoms with Gasteiger partial charge in [-0.1, -0.05) is 0 Å². The smallest absolute Gasteiger partial charge is 0.828 e. The van der Waals surface area contributed by atoms with Crippen LogP contribution in [0.2, 0.25) is 0 Å². The molecule has 8 nitrogen and oxygen atoms in total. The first-order valence-electron chi connectivity index (χ1n) is 2.62. The molecule has 0 rings (SSSR count). The Morgan fingerprint density at radius 3 is 1.21 bits per heavy atom. The number of carboxylic acids is 2. The number of hydrogen-bond donors (Lipinski definition) is 4. The van der Waals surface area contributed by atoms with Crippen molar-refractivity contribution >= 4 is 58.7 Å². The van der Waals surface area contributed by atoms with Crippen LogP contribution >= 0.6 is 0 Å². The van der Waals surface area contributed by atoms with E-state index in [9.17, 15) is 9.59 Å². The zero-order valence-electron chi connectivity index (χ0n) is 6.78. The molecule has 0 saturated carbocycles. The van der Waals surface area contributed by atoms with E-state index in [0.29, 0.717) is 12.2 Å². The monoisotopic (exact) mass is 250 g/mol. The van der Waals surface area contributed by atoms with Crippen molar-refractivity contribution in [3.63, 3.8) is 0 Å². The summed E-state index contributed by atoms with van der Waals surface area (Å²) in [5.74, 6) is -2.51. The van der Waals surface area contributed by atoms with Gasteiger partial charge in [-0.3, -0.25) is 0 Å². The summed E-state index contributed by atoms with van der Waals surface area (Å²) in [6.07, 6.45) is 1.12. The first-order chi connectivity index (χ1) is 5.63. The van der Waals surface area contributed by atoms with Crippen molar-refractivity contribution in [2.24, 2.45) is 0 Å². The van der Waals surface area contributed by atoms with Gasteiger partial charge in [0.25, 0.3) is 0 Å². The zero-order valence-corrected chi connectivity index (χ0v) is 9.99. The molecule has 0 unspecified atom stereocenters. The maximum absolute atomic E-state index is 9.55. The fraction of sp³-hybridized carbons (Fsp3) is 0. The van der Waals surface area contributed by atoms with Crippen LogP contribution in [0.15, 0.2) is 12.2 Å². The number of aliphatic carboxylic acids is 2. The summed E-state index contributed by atoms with van der Waals surface area (Å²) in [6, 6.07) is 0. The van der Waals surface area contributed by atoms with E-state index in [4.69, 9.17) is 29.4 Å². The molecule has 0 aliphatic rings. The van der Waals surface area contributed by atoms with Gasteiger partial charge in [0.2, 0.25) is 0 Å². The number of carboxylic acid groups (broad SMARTS) is 2. The third-order valence-corrected chi connectivity index (χ3v) is 0.368. The summed E-state index contributed by atoms with van der Waals surface area (Å²) >= 11 is 0. The van der Waals surface area contributed by atoms with Crippen molar-refractivity contribution in [1.82, 2.24) is 0 Å². The van der Waals surface area contributed by atoms with Crippen LogP contribution < -0.4 is 9.59 Å². The van der Waals surface area contributed by atoms with Gasteiger partial charge in [-0.05, 0) is 0 Å². The van der Waals surface area contributed by atoms with E-state index >= 15 is 0 Å². The Morgan fingerprint density at radius 1 is 1.00 bits per heavy atom. The van der Waals surface area contributed by atoms with Crippen LogP contribution in [0.25, 0.3) is 0 Å². The molecule has 0 heterocycles. The van der Waals surface area contributed by atoms with Gasteiger partial charge >= 0.3 is 49.7 Å². The summed E-state index contributed by atoms with van der Waals surface area (Å²) in [4.78, 5) is 50.9. The molecule has 0 atom stereocenters. The van der Waals surface area contributed by atoms with Crippen LogP contribution in [-0.2, 0) is 9.59 Å². The molecular weight excluding hydrogens is 244 g/mol. The Kier molecular flexibility index (Phi) is 13.3. The van der Waals surface area contributed by atoms with Crippen LogP contribution in [0.3, 0.4) is 0 Å². The molecule has 0 aromatic rings. The van der Waals surface area contributed by atoms with Gasteiger partial charge in [-0.25, -0.2) is 9.59 Å². The number of carbonyl (C=O) groups is 2. The van der Waals surface area contributed by atoms with Crippen molar-refractivity contribution in [2.75, 3.05) is 0 Å². The van der Waals surface area contributed by atoms with Crippen molar-refractivity contribution in [3.05, 3.63) is 12.2 Å². The SMILES string of the molecule is O=C(O)C=CC(=O)O.[Ca+2].[O-][Si]([O-])(O)O. The molecule has 0 fully saturated rings. The summed E-state index contributed by atoms with van der Waals surface area (Å²) in [6.45, 7) is 0. The number of rotatable bonds is 2. The maximum atomic E-state index is 9.55. The molecule has 0 aliphatic carbocycles. The fourth-order valence-corrected chi connectivity index (χ4v) is 0.143. The molecule has 0 aromatic carbocycles. The molecule has 0 bridgehead atoms. The molecule has 4 N–H and O–H groups in total. The van der Waals surface area contributed by atoms with Gasteiger partial charge in [-0.2, -0.15) is 0 Å². The van der Waals surface area contributed by atoms with E-state index < -0.39 is 21.0 Å². The topological polar surface area (TPSA) is 161 Å². The van der Waals surface area contributed by atoms with E-state index in [1.54, 1.807) is 0 Å². The molecule has 0 amide bonds. The summed E-state index contributed by atoms with van der Waals surface area (Å²) in [5, 5.41) is 15.6. The van der Waals surface area contributed by atoms with Gasteiger partial charge in [0.05, 0.1) is 0 Å². The van der Waals surface area contributed by atoms with Gasteiger partial charge in [0, 0.05) is 12.2 Å². The second-order valence-corrected chi connectivity index (χ2v) is 2.66. The predicted octanol–water partition coefficient (Wildman–Crippen LogP) is -4.54. The van der Waals surface area contributed by atoms with Crippen LogP contribution in [0.4, 0.5) is 0 Å². The van der Waals surface area contributed by atoms with Crippen LogP contribution in [-0.4, -0.2) is 78.5 Å². The molecule has 0 saturated heterocycles. The summed E-state index contributed by atoms with van der Waals surface area (Å²) in [5.41, 5.74) is 0. The van der Waals surface area contributed by atoms with Gasteiger partial charge < -0.3 is 29.4 Å². The van der Waals surface area contributed by atoms with Crippen molar-refractivity contribution in [1.29, 1.82) is 0 Å². The molecule has 0 spiro atoms. The number of hydrogen-bond acceptors (Lipinski definition) is 6. The largest absolute Gasteiger partial charge is 2.00 e. The molecule has 0 aliphatic heterocycles. The second-order valence-electron chi connectivity index (χ2n) is 1.56. The predicted molar refractivity (Wildman–Crippen MR) is 40.4 cm³/mol. The van der Waals surface area contributed by atoms with Gasteiger partial charge in [-0.15, -0.1) is 0 Å². The van der Waals surface area contributed by atoms with E-state index in [1.807, 2.05) is 0 Å². The summed E-state index contributed by atoms with van der Waals surface area (Å²) < 4.78 is 0. The third kappa shape index (κ3) is 58.1. The molecule has 76 valence electrons. The Hall–Kier alpha value is -0.00338. The minimum Gasteiger partial charge on any atom is -0.828 e. The van der Waals surface area contributed by atoms with Crippen molar-refractivity contribution in [3.8, 4) is 0 Å². The zero-order chi connectivity index (χ0) is 11.1. The minimum absolute atomic E-state index is 0. The van der Waals surface area contributed by atoms with E-state index in [2.05, 4.69) is 0 Å². The Bertz CT molecular complexity index is 186. The van der Waals surface area contributed by atoms with Crippen molar-refractivity contribution in [2.45, 2.75) is 0 Å². The molecule has 0 aromatic heterocycles. The molecule has 0 radical (unpaired) electrons. The van der Waals surface area contributed by atoms with Gasteiger partial charge in [0.1, 0.15) is 9.05 Å². The first kappa shape index (κ1) is 19.6. The average Bonchev–Trinajstić information content (AvgIpc) is 1.79. The van der Waals surface area contributed by atoms with Crippen LogP contribution in [0.5, 0.6) is 0 Å². The standard InChI is InChI=1S/C4H4O4.Ca.H2O4Si/c5-3(6)1-2-4(7)8;;1-5(2,3)4/h1-2H,(H,5,6)(H,7,8);;1-2H/q;+2;-2. The average molecular weight is 250 g/mol. The Labute approximate surface area is 109 Å². The van der Waals surface area contributed by atoms with E-state index in [1.165, 1.54) is 0 Å². The molecule has 14 heavy (non-hydrogen) atoms. The van der Waals surface area contributed by atoms with Gasteiger partial charge in [0.15, 0.2) is 0 Å². The fourth-order valence-electron chi connectivity index (χ4n) is 0.143. The normalized spacial score (nSPS) is 9.71. The van der Waals surface area contributed by atoms with E-state index in [-0.39, 0.29) is 37.7 Å². The quantitative estimate of drug-likeness (QED) is 0.281. The minimum atomic E-state index is -5.11. The van der Waals surface area contributed by atoms with Crippen LogP contribution in [0.1, 0.15) is 0 Å². The van der Waals surface area contributed by atoms with E-state index in [0.717, 1.165) is 0 Å². The maximum Gasteiger partial charge on any atom is 2.00 e. The molecular formula is C4H6CaO8Si. The third-order valence-electron chi connectivity index (χ3n) is 0.368. The first-order valence-corrected chi connectivity index (χ1v) is 4.33. The summed E-state index contributed by atoms with van der Waals surface area (Å²) in [7, 11) is -5.11. The Balaban J connectivity index is -0.000000177. The molecule has 10 heteroatoms.